The van der Waals surface area contributed by atoms with Crippen molar-refractivity contribution >= 4 is 0 Å². The second kappa shape index (κ2) is 5.74. The van der Waals surface area contributed by atoms with Gasteiger partial charge in [0.25, 0.3) is 0 Å². The minimum Gasteiger partial charge on any atom is -0.490 e. The Hall–Kier alpha value is -1.73. The number of nitrogens with zero attached hydrogens (tertiary/aromatic N) is 1. The van der Waals surface area contributed by atoms with E-state index in [1.807, 2.05) is 32.0 Å². The standard InChI is InChI=1S/C14H18N2O2/c1-10(2)16-12(9-15)11-4-5-13-14(8-11)18-7-3-6-17-13/h4-5,8,10,12,16H,3,6-7H2,1-2H3. The number of fused-ring (bicyclic) bond motifs is 1. The SMILES string of the molecule is CC(C)NC(C#N)c1ccc2c(c1)OCCCO2. The molecule has 4 nitrogen and oxygen atoms in total. The fourth-order valence-corrected chi connectivity index (χ4v) is 1.90. The van der Waals surface area contributed by atoms with E-state index in [0.29, 0.717) is 13.2 Å². The molecule has 1 heterocycles. The van der Waals surface area contributed by atoms with Crippen LogP contribution in [0.2, 0.25) is 0 Å². The third-order valence-electron chi connectivity index (χ3n) is 2.73. The lowest BCUT2D eigenvalue weighted by Gasteiger charge is -2.16. The van der Waals surface area contributed by atoms with Crippen LogP contribution in [0.1, 0.15) is 31.9 Å². The minimum absolute atomic E-state index is 0.255. The highest BCUT2D eigenvalue weighted by Gasteiger charge is 2.16. The molecule has 0 aliphatic carbocycles. The number of ether oxygens (including phenoxy) is 2. The van der Waals surface area contributed by atoms with E-state index >= 15 is 0 Å². The number of rotatable bonds is 3. The van der Waals surface area contributed by atoms with E-state index in [4.69, 9.17) is 9.47 Å². The van der Waals surface area contributed by atoms with Crippen LogP contribution in [0.25, 0.3) is 0 Å². The zero-order valence-electron chi connectivity index (χ0n) is 10.8. The third-order valence-corrected chi connectivity index (χ3v) is 2.73. The molecule has 1 aliphatic heterocycles. The Morgan fingerprint density at radius 1 is 1.22 bits per heavy atom. The van der Waals surface area contributed by atoms with Crippen molar-refractivity contribution in [1.29, 1.82) is 5.26 Å². The summed E-state index contributed by atoms with van der Waals surface area (Å²) in [6, 6.07) is 7.89. The Balaban J connectivity index is 2.24. The molecule has 0 bridgehead atoms. The van der Waals surface area contributed by atoms with Crippen molar-refractivity contribution in [3.63, 3.8) is 0 Å². The van der Waals surface area contributed by atoms with Crippen LogP contribution in [0.4, 0.5) is 0 Å². The topological polar surface area (TPSA) is 54.3 Å². The summed E-state index contributed by atoms with van der Waals surface area (Å²) in [5.41, 5.74) is 0.912. The molecule has 1 aliphatic rings. The van der Waals surface area contributed by atoms with Crippen LogP contribution < -0.4 is 14.8 Å². The molecule has 0 radical (unpaired) electrons. The number of hydrogen-bond acceptors (Lipinski definition) is 4. The first kappa shape index (κ1) is 12.7. The van der Waals surface area contributed by atoms with Gasteiger partial charge in [-0.2, -0.15) is 5.26 Å². The summed E-state index contributed by atoms with van der Waals surface area (Å²) >= 11 is 0. The Morgan fingerprint density at radius 2 is 1.94 bits per heavy atom. The van der Waals surface area contributed by atoms with Gasteiger partial charge >= 0.3 is 0 Å². The summed E-state index contributed by atoms with van der Waals surface area (Å²) in [7, 11) is 0. The monoisotopic (exact) mass is 246 g/mol. The average Bonchev–Trinajstić information content (AvgIpc) is 2.59. The Labute approximate surface area is 108 Å². The van der Waals surface area contributed by atoms with E-state index in [-0.39, 0.29) is 12.1 Å². The molecule has 18 heavy (non-hydrogen) atoms. The molecule has 0 saturated heterocycles. The van der Waals surface area contributed by atoms with E-state index in [2.05, 4.69) is 11.4 Å². The van der Waals surface area contributed by atoms with Crippen LogP contribution in [-0.2, 0) is 0 Å². The first-order valence-electron chi connectivity index (χ1n) is 6.26. The van der Waals surface area contributed by atoms with Crippen molar-refractivity contribution in [2.45, 2.75) is 32.4 Å². The Morgan fingerprint density at radius 3 is 2.61 bits per heavy atom. The Kier molecular flexibility index (Phi) is 4.06. The molecule has 4 heteroatoms. The van der Waals surface area contributed by atoms with Gasteiger partial charge in [0.15, 0.2) is 11.5 Å². The predicted molar refractivity (Wildman–Crippen MR) is 68.7 cm³/mol. The van der Waals surface area contributed by atoms with E-state index in [1.54, 1.807) is 0 Å². The van der Waals surface area contributed by atoms with Crippen molar-refractivity contribution in [1.82, 2.24) is 5.32 Å². The van der Waals surface area contributed by atoms with Crippen molar-refractivity contribution in [3.05, 3.63) is 23.8 Å². The van der Waals surface area contributed by atoms with Crippen LogP contribution in [0, 0.1) is 11.3 Å². The number of nitriles is 1. The fraction of sp³-hybridized carbons (Fsp3) is 0.500. The molecule has 0 spiro atoms. The lowest BCUT2D eigenvalue weighted by molar-refractivity contribution is 0.297. The summed E-state index contributed by atoms with van der Waals surface area (Å²) in [4.78, 5) is 0. The van der Waals surface area contributed by atoms with Crippen molar-refractivity contribution in [2.75, 3.05) is 13.2 Å². The molecule has 0 fully saturated rings. The normalized spacial score (nSPS) is 15.9. The molecule has 96 valence electrons. The largest absolute Gasteiger partial charge is 0.490 e. The second-order valence-corrected chi connectivity index (χ2v) is 4.64. The number of hydrogen-bond donors (Lipinski definition) is 1. The van der Waals surface area contributed by atoms with Gasteiger partial charge in [0.1, 0.15) is 6.04 Å². The van der Waals surface area contributed by atoms with Gasteiger partial charge in [-0.1, -0.05) is 6.07 Å². The van der Waals surface area contributed by atoms with Crippen molar-refractivity contribution in [2.24, 2.45) is 0 Å². The molecule has 1 aromatic rings. The van der Waals surface area contributed by atoms with Gasteiger partial charge in [0.05, 0.1) is 19.3 Å². The quantitative estimate of drug-likeness (QED) is 0.889. The molecule has 0 aromatic heterocycles. The fourth-order valence-electron chi connectivity index (χ4n) is 1.90. The van der Waals surface area contributed by atoms with Crippen LogP contribution in [0.5, 0.6) is 11.5 Å². The van der Waals surface area contributed by atoms with Gasteiger partial charge in [-0.05, 0) is 31.5 Å². The van der Waals surface area contributed by atoms with Gasteiger partial charge < -0.3 is 9.47 Å². The maximum atomic E-state index is 9.20. The number of benzene rings is 1. The van der Waals surface area contributed by atoms with Crippen LogP contribution in [0.15, 0.2) is 18.2 Å². The van der Waals surface area contributed by atoms with Gasteiger partial charge in [0, 0.05) is 12.5 Å². The zero-order chi connectivity index (χ0) is 13.0. The molecule has 0 amide bonds. The first-order valence-corrected chi connectivity index (χ1v) is 6.26. The third kappa shape index (κ3) is 2.93. The molecule has 1 atom stereocenters. The van der Waals surface area contributed by atoms with Crippen molar-refractivity contribution in [3.8, 4) is 17.6 Å². The molecule has 1 aromatic carbocycles. The van der Waals surface area contributed by atoms with E-state index < -0.39 is 0 Å². The summed E-state index contributed by atoms with van der Waals surface area (Å²) in [5, 5.41) is 12.4. The molecular formula is C14H18N2O2. The number of nitrogens with one attached hydrogen (secondary N) is 1. The lowest BCUT2D eigenvalue weighted by atomic mass is 10.1. The maximum absolute atomic E-state index is 9.20. The van der Waals surface area contributed by atoms with Crippen LogP contribution in [0.3, 0.4) is 0 Å². The Bertz CT molecular complexity index is 452. The van der Waals surface area contributed by atoms with Gasteiger partial charge in [-0.15, -0.1) is 0 Å². The smallest absolute Gasteiger partial charge is 0.161 e. The summed E-state index contributed by atoms with van der Waals surface area (Å²) in [6.07, 6.45) is 0.885. The highest BCUT2D eigenvalue weighted by Crippen LogP contribution is 2.32. The van der Waals surface area contributed by atoms with E-state index in [0.717, 1.165) is 23.5 Å². The lowest BCUT2D eigenvalue weighted by Crippen LogP contribution is -2.27. The highest BCUT2D eigenvalue weighted by atomic mass is 16.5. The summed E-state index contributed by atoms with van der Waals surface area (Å²) < 4.78 is 11.2. The average molecular weight is 246 g/mol. The van der Waals surface area contributed by atoms with Gasteiger partial charge in [0.2, 0.25) is 0 Å². The van der Waals surface area contributed by atoms with Crippen LogP contribution in [-0.4, -0.2) is 19.3 Å². The van der Waals surface area contributed by atoms with Gasteiger partial charge in [-0.3, -0.25) is 5.32 Å². The molecule has 1 unspecified atom stereocenters. The zero-order valence-corrected chi connectivity index (χ0v) is 10.8. The second-order valence-electron chi connectivity index (χ2n) is 4.64. The maximum Gasteiger partial charge on any atom is 0.161 e. The summed E-state index contributed by atoms with van der Waals surface area (Å²) in [6.45, 7) is 5.38. The minimum atomic E-state index is -0.317. The molecule has 0 saturated carbocycles. The molecule has 1 N–H and O–H groups in total. The highest BCUT2D eigenvalue weighted by molar-refractivity contribution is 5.45. The first-order chi connectivity index (χ1) is 8.70. The van der Waals surface area contributed by atoms with Gasteiger partial charge in [-0.25, -0.2) is 0 Å². The van der Waals surface area contributed by atoms with E-state index in [1.165, 1.54) is 0 Å². The predicted octanol–water partition coefficient (Wildman–Crippen LogP) is 2.41. The summed E-state index contributed by atoms with van der Waals surface area (Å²) in [5.74, 6) is 1.49. The molecular weight excluding hydrogens is 228 g/mol. The van der Waals surface area contributed by atoms with E-state index in [9.17, 15) is 5.26 Å². The molecule has 2 rings (SSSR count). The van der Waals surface area contributed by atoms with Crippen LogP contribution >= 0.6 is 0 Å². The van der Waals surface area contributed by atoms with Crippen molar-refractivity contribution < 1.29 is 9.47 Å².